The summed E-state index contributed by atoms with van der Waals surface area (Å²) in [6.45, 7) is 5.80. The summed E-state index contributed by atoms with van der Waals surface area (Å²) in [6.07, 6.45) is 0.688. The lowest BCUT2D eigenvalue weighted by Crippen LogP contribution is -2.31. The van der Waals surface area contributed by atoms with E-state index in [9.17, 15) is 14.5 Å². The predicted octanol–water partition coefficient (Wildman–Crippen LogP) is 3.35. The Balaban J connectivity index is 2.79. The molecule has 1 unspecified atom stereocenters. The van der Waals surface area contributed by atoms with Crippen LogP contribution >= 0.6 is 0 Å². The average Bonchev–Trinajstić information content (AvgIpc) is 2.27. The number of halogens is 1. The molecule has 0 fully saturated rings. The van der Waals surface area contributed by atoms with Crippen LogP contribution in [0.3, 0.4) is 0 Å². The van der Waals surface area contributed by atoms with Gasteiger partial charge < -0.3 is 10.1 Å². The quantitative estimate of drug-likeness (QED) is 0.636. The van der Waals surface area contributed by atoms with E-state index in [1.807, 2.05) is 20.8 Å². The minimum atomic E-state index is -0.630. The van der Waals surface area contributed by atoms with E-state index >= 15 is 0 Å². The first kappa shape index (κ1) is 15.4. The molecule has 0 heterocycles. The van der Waals surface area contributed by atoms with Crippen molar-refractivity contribution >= 4 is 11.4 Å². The molecule has 0 saturated heterocycles. The van der Waals surface area contributed by atoms with E-state index in [0.29, 0.717) is 12.1 Å². The summed E-state index contributed by atoms with van der Waals surface area (Å²) in [5.41, 5.74) is -0.183. The normalized spacial score (nSPS) is 13.1. The lowest BCUT2D eigenvalue weighted by Gasteiger charge is -2.27. The van der Waals surface area contributed by atoms with Gasteiger partial charge >= 0.3 is 0 Å². The Morgan fingerprint density at radius 2 is 2.11 bits per heavy atom. The van der Waals surface area contributed by atoms with Crippen molar-refractivity contribution in [3.05, 3.63) is 34.1 Å². The first-order valence-electron chi connectivity index (χ1n) is 6.00. The molecule has 1 N–H and O–H groups in total. The molecule has 5 nitrogen and oxygen atoms in total. The Morgan fingerprint density at radius 3 is 2.63 bits per heavy atom. The van der Waals surface area contributed by atoms with E-state index in [1.165, 1.54) is 12.1 Å². The number of rotatable bonds is 6. The standard InChI is InChI=1S/C13H19FN2O3/c1-9(8-13(2,3)19-4)15-11-5-10(14)6-12(7-11)16(17)18/h5-7,9,15H,8H2,1-4H3. The van der Waals surface area contributed by atoms with Gasteiger partial charge in [0.05, 0.1) is 16.6 Å². The number of non-ortho nitro benzene ring substituents is 1. The summed E-state index contributed by atoms with van der Waals surface area (Å²) in [5, 5.41) is 13.7. The Hall–Kier alpha value is -1.69. The minimum absolute atomic E-state index is 0.00338. The summed E-state index contributed by atoms with van der Waals surface area (Å²) >= 11 is 0. The molecule has 0 aliphatic heterocycles. The van der Waals surface area contributed by atoms with Gasteiger partial charge in [0.25, 0.3) is 5.69 Å². The fourth-order valence-corrected chi connectivity index (χ4v) is 1.92. The van der Waals surface area contributed by atoms with Crippen LogP contribution < -0.4 is 5.32 Å². The fourth-order valence-electron chi connectivity index (χ4n) is 1.92. The summed E-state index contributed by atoms with van der Waals surface area (Å²) in [7, 11) is 1.62. The van der Waals surface area contributed by atoms with Gasteiger partial charge in [-0.25, -0.2) is 4.39 Å². The number of nitrogens with zero attached hydrogens (tertiary/aromatic N) is 1. The molecular weight excluding hydrogens is 251 g/mol. The number of nitro benzene ring substituents is 1. The second-order valence-corrected chi connectivity index (χ2v) is 5.17. The second kappa shape index (κ2) is 5.97. The van der Waals surface area contributed by atoms with Crippen molar-refractivity contribution in [3.63, 3.8) is 0 Å². The highest BCUT2D eigenvalue weighted by molar-refractivity contribution is 5.52. The first-order valence-corrected chi connectivity index (χ1v) is 6.00. The molecule has 0 saturated carbocycles. The van der Waals surface area contributed by atoms with Crippen LogP contribution in [0.15, 0.2) is 18.2 Å². The maximum absolute atomic E-state index is 13.3. The molecule has 106 valence electrons. The van der Waals surface area contributed by atoms with Gasteiger partial charge in [-0.2, -0.15) is 0 Å². The Kier molecular flexibility index (Phi) is 4.83. The van der Waals surface area contributed by atoms with E-state index in [4.69, 9.17) is 4.74 Å². The van der Waals surface area contributed by atoms with Gasteiger partial charge in [0, 0.05) is 24.9 Å². The number of hydrogen-bond acceptors (Lipinski definition) is 4. The largest absolute Gasteiger partial charge is 0.382 e. The number of nitrogens with one attached hydrogen (secondary N) is 1. The number of ether oxygens (including phenoxy) is 1. The van der Waals surface area contributed by atoms with Crippen LogP contribution in [0.1, 0.15) is 27.2 Å². The highest BCUT2D eigenvalue weighted by atomic mass is 19.1. The fraction of sp³-hybridized carbons (Fsp3) is 0.538. The molecule has 1 aromatic rings. The maximum Gasteiger partial charge on any atom is 0.274 e. The summed E-state index contributed by atoms with van der Waals surface area (Å²) in [5.74, 6) is -0.630. The van der Waals surface area contributed by atoms with Crippen molar-refractivity contribution in [3.8, 4) is 0 Å². The zero-order valence-electron chi connectivity index (χ0n) is 11.6. The van der Waals surface area contributed by atoms with Gasteiger partial charge in [-0.3, -0.25) is 10.1 Å². The lowest BCUT2D eigenvalue weighted by atomic mass is 9.99. The van der Waals surface area contributed by atoms with Crippen LogP contribution in [-0.4, -0.2) is 23.7 Å². The monoisotopic (exact) mass is 270 g/mol. The van der Waals surface area contributed by atoms with Crippen molar-refractivity contribution in [2.24, 2.45) is 0 Å². The van der Waals surface area contributed by atoms with Crippen LogP contribution in [0.2, 0.25) is 0 Å². The van der Waals surface area contributed by atoms with Crippen molar-refractivity contribution < 1.29 is 14.1 Å². The van der Waals surface area contributed by atoms with E-state index in [-0.39, 0.29) is 17.3 Å². The SMILES string of the molecule is COC(C)(C)CC(C)Nc1cc(F)cc([N+](=O)[O-])c1. The van der Waals surface area contributed by atoms with Crippen molar-refractivity contribution in [1.29, 1.82) is 0 Å². The molecular formula is C13H19FN2O3. The predicted molar refractivity (Wildman–Crippen MR) is 71.8 cm³/mol. The third kappa shape index (κ3) is 4.82. The van der Waals surface area contributed by atoms with E-state index in [0.717, 1.165) is 6.07 Å². The Bertz CT molecular complexity index is 463. The van der Waals surface area contributed by atoms with E-state index < -0.39 is 10.7 Å². The molecule has 1 rings (SSSR count). The van der Waals surface area contributed by atoms with Gasteiger partial charge in [-0.15, -0.1) is 0 Å². The van der Waals surface area contributed by atoms with Crippen LogP contribution in [0.4, 0.5) is 15.8 Å². The van der Waals surface area contributed by atoms with E-state index in [2.05, 4.69) is 5.32 Å². The second-order valence-electron chi connectivity index (χ2n) is 5.17. The highest BCUT2D eigenvalue weighted by Crippen LogP contribution is 2.23. The van der Waals surface area contributed by atoms with Gasteiger partial charge in [0.1, 0.15) is 5.82 Å². The van der Waals surface area contributed by atoms with Gasteiger partial charge in [-0.1, -0.05) is 0 Å². The third-order valence-electron chi connectivity index (χ3n) is 2.86. The van der Waals surface area contributed by atoms with Gasteiger partial charge in [-0.05, 0) is 33.3 Å². The first-order chi connectivity index (χ1) is 8.73. The van der Waals surface area contributed by atoms with Crippen LogP contribution in [0, 0.1) is 15.9 Å². The van der Waals surface area contributed by atoms with Gasteiger partial charge in [0.2, 0.25) is 0 Å². The number of anilines is 1. The van der Waals surface area contributed by atoms with Crippen LogP contribution in [0.25, 0.3) is 0 Å². The average molecular weight is 270 g/mol. The van der Waals surface area contributed by atoms with E-state index in [1.54, 1.807) is 7.11 Å². The number of benzene rings is 1. The van der Waals surface area contributed by atoms with Crippen molar-refractivity contribution in [1.82, 2.24) is 0 Å². The number of nitro groups is 1. The third-order valence-corrected chi connectivity index (χ3v) is 2.86. The molecule has 6 heteroatoms. The molecule has 1 atom stereocenters. The van der Waals surface area contributed by atoms with Crippen molar-refractivity contribution in [2.75, 3.05) is 12.4 Å². The number of methoxy groups -OCH3 is 1. The molecule has 0 amide bonds. The molecule has 0 spiro atoms. The highest BCUT2D eigenvalue weighted by Gasteiger charge is 2.20. The topological polar surface area (TPSA) is 64.4 Å². The summed E-state index contributed by atoms with van der Waals surface area (Å²) < 4.78 is 18.6. The molecule has 0 radical (unpaired) electrons. The molecule has 0 aliphatic carbocycles. The lowest BCUT2D eigenvalue weighted by molar-refractivity contribution is -0.385. The molecule has 0 bridgehead atoms. The summed E-state index contributed by atoms with van der Waals surface area (Å²) in [4.78, 5) is 10.0. The van der Waals surface area contributed by atoms with Crippen LogP contribution in [0.5, 0.6) is 0 Å². The van der Waals surface area contributed by atoms with Crippen molar-refractivity contribution in [2.45, 2.75) is 38.8 Å². The maximum atomic E-state index is 13.3. The molecule has 0 aliphatic rings. The molecule has 0 aromatic heterocycles. The smallest absolute Gasteiger partial charge is 0.274 e. The molecule has 19 heavy (non-hydrogen) atoms. The number of hydrogen-bond donors (Lipinski definition) is 1. The summed E-state index contributed by atoms with van der Waals surface area (Å²) in [6, 6.07) is 3.45. The Labute approximate surface area is 111 Å². The van der Waals surface area contributed by atoms with Crippen LogP contribution in [-0.2, 0) is 4.74 Å². The zero-order valence-corrected chi connectivity index (χ0v) is 11.6. The zero-order chi connectivity index (χ0) is 14.6. The minimum Gasteiger partial charge on any atom is -0.382 e. The molecule has 1 aromatic carbocycles. The van der Waals surface area contributed by atoms with Gasteiger partial charge in [0.15, 0.2) is 0 Å². The Morgan fingerprint density at radius 1 is 1.47 bits per heavy atom.